The van der Waals surface area contributed by atoms with Crippen molar-refractivity contribution in [1.82, 2.24) is 0 Å². The molecule has 3 aliphatic rings. The molecule has 3 rings (SSSR count). The first-order valence-corrected chi connectivity index (χ1v) is 8.25. The van der Waals surface area contributed by atoms with Crippen LogP contribution in [0.1, 0.15) is 67.7 Å². The van der Waals surface area contributed by atoms with E-state index in [0.29, 0.717) is 16.9 Å². The average Bonchev–Trinajstić information content (AvgIpc) is 2.65. The molecule has 0 radical (unpaired) electrons. The standard InChI is InChI=1S/C18H32O/c1-11-17(4,5)13-9-8-12-10-16(2,3)19-15(12)14(13)18(11,6)7/h11-15H,8-10H2,1-7H3/t11?,12-,13?,14?,15+/m1/s1. The van der Waals surface area contributed by atoms with Crippen molar-refractivity contribution in [3.63, 3.8) is 0 Å². The Morgan fingerprint density at radius 1 is 0.895 bits per heavy atom. The normalized spacial score (nSPS) is 49.7. The van der Waals surface area contributed by atoms with E-state index in [0.717, 1.165) is 23.7 Å². The molecular weight excluding hydrogens is 232 g/mol. The third-order valence-corrected chi connectivity index (χ3v) is 7.36. The fourth-order valence-electron chi connectivity index (χ4n) is 6.04. The van der Waals surface area contributed by atoms with Gasteiger partial charge in [0.25, 0.3) is 0 Å². The van der Waals surface area contributed by atoms with Crippen molar-refractivity contribution >= 4 is 0 Å². The van der Waals surface area contributed by atoms with E-state index in [1.807, 2.05) is 0 Å². The lowest BCUT2D eigenvalue weighted by molar-refractivity contribution is -0.0952. The van der Waals surface area contributed by atoms with E-state index in [1.54, 1.807) is 0 Å². The Balaban J connectivity index is 1.99. The van der Waals surface area contributed by atoms with Crippen molar-refractivity contribution < 1.29 is 4.74 Å². The molecule has 2 aliphatic carbocycles. The molecule has 5 atom stereocenters. The largest absolute Gasteiger partial charge is 0.372 e. The molecule has 3 fully saturated rings. The van der Waals surface area contributed by atoms with Gasteiger partial charge in [-0.15, -0.1) is 0 Å². The minimum Gasteiger partial charge on any atom is -0.372 e. The fourth-order valence-corrected chi connectivity index (χ4v) is 6.04. The number of rotatable bonds is 0. The summed E-state index contributed by atoms with van der Waals surface area (Å²) in [6.07, 6.45) is 4.60. The van der Waals surface area contributed by atoms with Crippen molar-refractivity contribution in [2.75, 3.05) is 0 Å². The number of hydrogen-bond donors (Lipinski definition) is 0. The zero-order valence-electron chi connectivity index (χ0n) is 13.9. The maximum atomic E-state index is 6.54. The molecule has 0 aromatic heterocycles. The molecule has 2 saturated carbocycles. The van der Waals surface area contributed by atoms with Crippen LogP contribution in [-0.2, 0) is 4.74 Å². The summed E-state index contributed by atoms with van der Waals surface area (Å²) in [6.45, 7) is 17.1. The zero-order valence-corrected chi connectivity index (χ0v) is 13.9. The summed E-state index contributed by atoms with van der Waals surface area (Å²) in [4.78, 5) is 0. The van der Waals surface area contributed by atoms with Gasteiger partial charge in [0.15, 0.2) is 0 Å². The number of ether oxygens (including phenoxy) is 1. The molecule has 1 aliphatic heterocycles. The molecule has 0 amide bonds. The monoisotopic (exact) mass is 264 g/mol. The van der Waals surface area contributed by atoms with Crippen LogP contribution in [0.5, 0.6) is 0 Å². The molecule has 1 heterocycles. The van der Waals surface area contributed by atoms with Crippen LogP contribution in [0, 0.1) is 34.5 Å². The van der Waals surface area contributed by atoms with E-state index >= 15 is 0 Å². The second-order valence-electron chi connectivity index (χ2n) is 9.38. The molecular formula is C18H32O. The molecule has 19 heavy (non-hydrogen) atoms. The Bertz CT molecular complexity index is 379. The Labute approximate surface area is 119 Å². The summed E-state index contributed by atoms with van der Waals surface area (Å²) in [5.41, 5.74) is 0.990. The van der Waals surface area contributed by atoms with Gasteiger partial charge in [-0.05, 0) is 67.6 Å². The van der Waals surface area contributed by atoms with Crippen molar-refractivity contribution in [3.05, 3.63) is 0 Å². The Kier molecular flexibility index (Phi) is 2.77. The zero-order chi connectivity index (χ0) is 14.2. The minimum atomic E-state index is 0.107. The van der Waals surface area contributed by atoms with Gasteiger partial charge >= 0.3 is 0 Å². The van der Waals surface area contributed by atoms with Crippen LogP contribution in [0.3, 0.4) is 0 Å². The van der Waals surface area contributed by atoms with E-state index in [2.05, 4.69) is 48.5 Å². The summed E-state index contributed by atoms with van der Waals surface area (Å²) in [5, 5.41) is 0. The first-order chi connectivity index (χ1) is 8.57. The molecule has 1 heteroatoms. The second kappa shape index (κ2) is 3.78. The molecule has 0 N–H and O–H groups in total. The van der Waals surface area contributed by atoms with Crippen LogP contribution < -0.4 is 0 Å². The van der Waals surface area contributed by atoms with Gasteiger partial charge in [0.1, 0.15) is 0 Å². The van der Waals surface area contributed by atoms with Crippen molar-refractivity contribution in [2.24, 2.45) is 34.5 Å². The quantitative estimate of drug-likeness (QED) is 0.605. The molecule has 1 saturated heterocycles. The summed E-state index contributed by atoms with van der Waals surface area (Å²) in [5.74, 6) is 3.21. The van der Waals surface area contributed by atoms with E-state index in [1.165, 1.54) is 19.3 Å². The van der Waals surface area contributed by atoms with Gasteiger partial charge in [0.2, 0.25) is 0 Å². The number of fused-ring (bicyclic) bond motifs is 3. The predicted octanol–water partition coefficient (Wildman–Crippen LogP) is 4.90. The molecule has 0 spiro atoms. The van der Waals surface area contributed by atoms with Gasteiger partial charge in [-0.25, -0.2) is 0 Å². The van der Waals surface area contributed by atoms with Gasteiger partial charge in [-0.1, -0.05) is 34.6 Å². The predicted molar refractivity (Wildman–Crippen MR) is 80.0 cm³/mol. The first kappa shape index (κ1) is 13.9. The van der Waals surface area contributed by atoms with E-state index in [9.17, 15) is 0 Å². The third-order valence-electron chi connectivity index (χ3n) is 7.36. The summed E-state index contributed by atoms with van der Waals surface area (Å²) in [7, 11) is 0. The molecule has 0 aromatic rings. The minimum absolute atomic E-state index is 0.107. The van der Waals surface area contributed by atoms with Gasteiger partial charge in [-0.2, -0.15) is 0 Å². The molecule has 0 bridgehead atoms. The topological polar surface area (TPSA) is 9.23 Å². The molecule has 1 nitrogen and oxygen atoms in total. The highest BCUT2D eigenvalue weighted by Gasteiger charge is 2.64. The molecule has 3 unspecified atom stereocenters. The Morgan fingerprint density at radius 3 is 2.16 bits per heavy atom. The van der Waals surface area contributed by atoms with Crippen LogP contribution in [0.2, 0.25) is 0 Å². The smallest absolute Gasteiger partial charge is 0.0647 e. The Morgan fingerprint density at radius 2 is 1.53 bits per heavy atom. The highest BCUT2D eigenvalue weighted by molar-refractivity contribution is 5.12. The average molecular weight is 264 g/mol. The van der Waals surface area contributed by atoms with Gasteiger partial charge < -0.3 is 4.74 Å². The third kappa shape index (κ3) is 1.76. The summed E-state index contributed by atoms with van der Waals surface area (Å²) >= 11 is 0. The maximum Gasteiger partial charge on any atom is 0.0647 e. The highest BCUT2D eigenvalue weighted by atomic mass is 16.5. The number of hydrogen-bond acceptors (Lipinski definition) is 1. The van der Waals surface area contributed by atoms with Crippen LogP contribution in [0.4, 0.5) is 0 Å². The van der Waals surface area contributed by atoms with Crippen molar-refractivity contribution in [2.45, 2.75) is 79.4 Å². The van der Waals surface area contributed by atoms with Crippen LogP contribution in [-0.4, -0.2) is 11.7 Å². The second-order valence-corrected chi connectivity index (χ2v) is 9.38. The highest BCUT2D eigenvalue weighted by Crippen LogP contribution is 2.67. The summed E-state index contributed by atoms with van der Waals surface area (Å²) in [6, 6.07) is 0. The molecule has 110 valence electrons. The fraction of sp³-hybridized carbons (Fsp3) is 1.00. The lowest BCUT2D eigenvalue weighted by Crippen LogP contribution is -2.42. The van der Waals surface area contributed by atoms with E-state index < -0.39 is 0 Å². The first-order valence-electron chi connectivity index (χ1n) is 8.25. The van der Waals surface area contributed by atoms with Crippen LogP contribution in [0.25, 0.3) is 0 Å². The SMILES string of the molecule is CC1C(C)(C)C2CC[C@@H]3CC(C)(C)O[C@@H]3C2C1(C)C. The van der Waals surface area contributed by atoms with E-state index in [-0.39, 0.29) is 5.60 Å². The van der Waals surface area contributed by atoms with Gasteiger partial charge in [-0.3, -0.25) is 0 Å². The molecule has 0 aromatic carbocycles. The van der Waals surface area contributed by atoms with E-state index in [4.69, 9.17) is 4.74 Å². The van der Waals surface area contributed by atoms with Crippen molar-refractivity contribution in [3.8, 4) is 0 Å². The summed E-state index contributed by atoms with van der Waals surface area (Å²) < 4.78 is 6.54. The lowest BCUT2D eigenvalue weighted by Gasteiger charge is -2.43. The van der Waals surface area contributed by atoms with Crippen LogP contribution >= 0.6 is 0 Å². The van der Waals surface area contributed by atoms with Gasteiger partial charge in [0, 0.05) is 0 Å². The van der Waals surface area contributed by atoms with Crippen LogP contribution in [0.15, 0.2) is 0 Å². The van der Waals surface area contributed by atoms with Crippen molar-refractivity contribution in [1.29, 1.82) is 0 Å². The maximum absolute atomic E-state index is 6.54. The Hall–Kier alpha value is -0.0400. The van der Waals surface area contributed by atoms with Gasteiger partial charge in [0.05, 0.1) is 11.7 Å². The lowest BCUT2D eigenvalue weighted by atomic mass is 9.64.